The largest absolute Gasteiger partial charge is 0.381 e. The molecule has 2 heterocycles. The Bertz CT molecular complexity index is 602. The van der Waals surface area contributed by atoms with Crippen molar-refractivity contribution in [3.63, 3.8) is 0 Å². The maximum Gasteiger partial charge on any atom is 0.260 e. The van der Waals surface area contributed by atoms with E-state index < -0.39 is 22.8 Å². The lowest BCUT2D eigenvalue weighted by Crippen LogP contribution is -2.50. The lowest BCUT2D eigenvalue weighted by Gasteiger charge is -2.34. The molecule has 2 rings (SSSR count). The van der Waals surface area contributed by atoms with Crippen molar-refractivity contribution in [3.8, 4) is 0 Å². The molecular weight excluding hydrogens is 274 g/mol. The standard InChI is InChI=1S/C14H19N3O4/c1-9-2-3-10(12(19)17-9)11(18)16-8-14(13(15)20)4-6-21-7-5-14/h2-3H,4-8H2,1H3,(H2,15,20)(H,16,18)(H,17,19). The van der Waals surface area contributed by atoms with Crippen molar-refractivity contribution in [1.29, 1.82) is 0 Å². The van der Waals surface area contributed by atoms with E-state index in [2.05, 4.69) is 10.3 Å². The Morgan fingerprint density at radius 1 is 1.38 bits per heavy atom. The summed E-state index contributed by atoms with van der Waals surface area (Å²) in [4.78, 5) is 38.0. The quantitative estimate of drug-likeness (QED) is 0.706. The number of primary amides is 1. The zero-order chi connectivity index (χ0) is 15.5. The number of carbonyl (C=O) groups is 2. The number of aryl methyl sites for hydroxylation is 1. The predicted octanol–water partition coefficient (Wildman–Crippen LogP) is -0.305. The molecule has 0 saturated carbocycles. The molecule has 1 aromatic rings. The third kappa shape index (κ3) is 3.30. The molecule has 1 saturated heterocycles. The number of rotatable bonds is 4. The summed E-state index contributed by atoms with van der Waals surface area (Å²) in [7, 11) is 0. The number of H-pyrrole nitrogens is 1. The van der Waals surface area contributed by atoms with Crippen LogP contribution in [0.5, 0.6) is 0 Å². The maximum atomic E-state index is 12.1. The Labute approximate surface area is 121 Å². The van der Waals surface area contributed by atoms with Crippen molar-refractivity contribution >= 4 is 11.8 Å². The topological polar surface area (TPSA) is 114 Å². The molecule has 0 aromatic carbocycles. The van der Waals surface area contributed by atoms with Gasteiger partial charge in [0.15, 0.2) is 0 Å². The first-order chi connectivity index (χ1) is 9.94. The summed E-state index contributed by atoms with van der Waals surface area (Å²) in [6.45, 7) is 2.71. The number of nitrogens with two attached hydrogens (primary N) is 1. The minimum atomic E-state index is -0.800. The number of hydrogen-bond donors (Lipinski definition) is 3. The van der Waals surface area contributed by atoms with E-state index in [1.54, 1.807) is 13.0 Å². The first kappa shape index (κ1) is 15.2. The van der Waals surface area contributed by atoms with Gasteiger partial charge in [0.2, 0.25) is 5.91 Å². The summed E-state index contributed by atoms with van der Waals surface area (Å²) < 4.78 is 5.22. The van der Waals surface area contributed by atoms with Crippen LogP contribution in [0.1, 0.15) is 28.9 Å². The van der Waals surface area contributed by atoms with E-state index in [1.807, 2.05) is 0 Å². The van der Waals surface area contributed by atoms with Gasteiger partial charge >= 0.3 is 0 Å². The maximum absolute atomic E-state index is 12.1. The lowest BCUT2D eigenvalue weighted by molar-refractivity contribution is -0.132. The number of aromatic nitrogens is 1. The second-order valence-electron chi connectivity index (χ2n) is 5.32. The first-order valence-electron chi connectivity index (χ1n) is 6.80. The SMILES string of the molecule is Cc1ccc(C(=O)NCC2(C(N)=O)CCOCC2)c(=O)[nH]1. The van der Waals surface area contributed by atoms with Crippen LogP contribution in [0.2, 0.25) is 0 Å². The molecule has 114 valence electrons. The molecule has 4 N–H and O–H groups in total. The zero-order valence-corrected chi connectivity index (χ0v) is 11.9. The number of aromatic amines is 1. The number of carbonyl (C=O) groups excluding carboxylic acids is 2. The molecule has 0 unspecified atom stereocenters. The Morgan fingerprint density at radius 2 is 2.05 bits per heavy atom. The summed E-state index contributed by atoms with van der Waals surface area (Å²) in [5.41, 5.74) is 4.91. The Balaban J connectivity index is 2.08. The van der Waals surface area contributed by atoms with Crippen LogP contribution in [-0.2, 0) is 9.53 Å². The molecule has 0 bridgehead atoms. The highest BCUT2D eigenvalue weighted by atomic mass is 16.5. The van der Waals surface area contributed by atoms with E-state index >= 15 is 0 Å². The molecular formula is C14H19N3O4. The van der Waals surface area contributed by atoms with E-state index in [4.69, 9.17) is 10.5 Å². The average molecular weight is 293 g/mol. The van der Waals surface area contributed by atoms with Gasteiger partial charge in [0.25, 0.3) is 11.5 Å². The number of nitrogens with one attached hydrogen (secondary N) is 2. The summed E-state index contributed by atoms with van der Waals surface area (Å²) in [6, 6.07) is 3.11. The lowest BCUT2D eigenvalue weighted by atomic mass is 9.79. The number of ether oxygens (including phenoxy) is 1. The van der Waals surface area contributed by atoms with Crippen LogP contribution < -0.4 is 16.6 Å². The second kappa shape index (κ2) is 6.09. The van der Waals surface area contributed by atoms with Crippen LogP contribution in [0.4, 0.5) is 0 Å². The summed E-state index contributed by atoms with van der Waals surface area (Å²) in [6.07, 6.45) is 0.930. The minimum Gasteiger partial charge on any atom is -0.381 e. The van der Waals surface area contributed by atoms with E-state index in [0.29, 0.717) is 31.7 Å². The van der Waals surface area contributed by atoms with E-state index in [1.165, 1.54) is 6.07 Å². The van der Waals surface area contributed by atoms with Crippen molar-refractivity contribution in [2.24, 2.45) is 11.1 Å². The Morgan fingerprint density at radius 3 is 2.62 bits per heavy atom. The zero-order valence-electron chi connectivity index (χ0n) is 11.9. The molecule has 0 atom stereocenters. The van der Waals surface area contributed by atoms with Gasteiger partial charge in [-0.1, -0.05) is 0 Å². The van der Waals surface area contributed by atoms with Crippen molar-refractivity contribution in [2.45, 2.75) is 19.8 Å². The van der Waals surface area contributed by atoms with Gasteiger partial charge in [-0.3, -0.25) is 14.4 Å². The third-order valence-corrected chi connectivity index (χ3v) is 3.86. The Kier molecular flexibility index (Phi) is 4.42. The van der Waals surface area contributed by atoms with E-state index in [0.717, 1.165) is 0 Å². The molecule has 0 spiro atoms. The molecule has 1 aliphatic heterocycles. The monoisotopic (exact) mass is 293 g/mol. The van der Waals surface area contributed by atoms with Crippen LogP contribution in [0.25, 0.3) is 0 Å². The van der Waals surface area contributed by atoms with Crippen molar-refractivity contribution in [1.82, 2.24) is 10.3 Å². The fraction of sp³-hybridized carbons (Fsp3) is 0.500. The highest BCUT2D eigenvalue weighted by molar-refractivity contribution is 5.94. The van der Waals surface area contributed by atoms with Gasteiger partial charge in [-0.2, -0.15) is 0 Å². The van der Waals surface area contributed by atoms with Gasteiger partial charge in [0, 0.05) is 25.5 Å². The smallest absolute Gasteiger partial charge is 0.260 e. The van der Waals surface area contributed by atoms with Crippen LogP contribution in [-0.4, -0.2) is 36.6 Å². The van der Waals surface area contributed by atoms with Gasteiger partial charge in [0.1, 0.15) is 5.56 Å². The highest BCUT2D eigenvalue weighted by Gasteiger charge is 2.38. The van der Waals surface area contributed by atoms with Gasteiger partial charge in [-0.05, 0) is 31.9 Å². The van der Waals surface area contributed by atoms with Crippen LogP contribution in [0, 0.1) is 12.3 Å². The second-order valence-corrected chi connectivity index (χ2v) is 5.32. The Hall–Kier alpha value is -2.15. The van der Waals surface area contributed by atoms with Gasteiger partial charge in [-0.15, -0.1) is 0 Å². The molecule has 21 heavy (non-hydrogen) atoms. The first-order valence-corrected chi connectivity index (χ1v) is 6.80. The predicted molar refractivity (Wildman–Crippen MR) is 75.8 cm³/mol. The number of hydrogen-bond acceptors (Lipinski definition) is 4. The van der Waals surface area contributed by atoms with Crippen LogP contribution in [0.3, 0.4) is 0 Å². The van der Waals surface area contributed by atoms with Crippen molar-refractivity contribution in [2.75, 3.05) is 19.8 Å². The fourth-order valence-electron chi connectivity index (χ4n) is 2.37. The molecule has 2 amide bonds. The average Bonchev–Trinajstić information content (AvgIpc) is 2.45. The normalized spacial score (nSPS) is 17.2. The minimum absolute atomic E-state index is 0.0206. The molecule has 1 aliphatic rings. The van der Waals surface area contributed by atoms with Gasteiger partial charge in [0.05, 0.1) is 5.41 Å². The molecule has 1 fully saturated rings. The molecule has 0 aliphatic carbocycles. The third-order valence-electron chi connectivity index (χ3n) is 3.86. The van der Waals surface area contributed by atoms with Crippen molar-refractivity contribution < 1.29 is 14.3 Å². The summed E-state index contributed by atoms with van der Waals surface area (Å²) >= 11 is 0. The molecule has 1 aromatic heterocycles. The summed E-state index contributed by atoms with van der Waals surface area (Å²) in [5, 5.41) is 2.64. The summed E-state index contributed by atoms with van der Waals surface area (Å²) in [5.74, 6) is -0.965. The van der Waals surface area contributed by atoms with E-state index in [-0.39, 0.29) is 12.1 Å². The van der Waals surface area contributed by atoms with Crippen LogP contribution >= 0.6 is 0 Å². The molecule has 7 nitrogen and oxygen atoms in total. The van der Waals surface area contributed by atoms with E-state index in [9.17, 15) is 14.4 Å². The molecule has 7 heteroatoms. The number of pyridine rings is 1. The fourth-order valence-corrected chi connectivity index (χ4v) is 2.37. The highest BCUT2D eigenvalue weighted by Crippen LogP contribution is 2.29. The van der Waals surface area contributed by atoms with Crippen molar-refractivity contribution in [3.05, 3.63) is 33.7 Å². The van der Waals surface area contributed by atoms with Crippen LogP contribution in [0.15, 0.2) is 16.9 Å². The number of amides is 2. The molecule has 0 radical (unpaired) electrons. The van der Waals surface area contributed by atoms with Gasteiger partial charge in [-0.25, -0.2) is 0 Å². The van der Waals surface area contributed by atoms with Gasteiger partial charge < -0.3 is 20.8 Å².